The van der Waals surface area contributed by atoms with Gasteiger partial charge in [0.1, 0.15) is 6.54 Å². The van der Waals surface area contributed by atoms with E-state index in [4.69, 9.17) is 11.6 Å². The zero-order valence-electron chi connectivity index (χ0n) is 12.9. The van der Waals surface area contributed by atoms with Crippen LogP contribution in [0.2, 0.25) is 5.02 Å². The summed E-state index contributed by atoms with van der Waals surface area (Å²) in [4.78, 5) is 37.3. The minimum atomic E-state index is -4.55. The molecule has 1 N–H and O–H groups in total. The molecule has 1 heterocycles. The van der Waals surface area contributed by atoms with E-state index in [0.29, 0.717) is 4.90 Å². The summed E-state index contributed by atoms with van der Waals surface area (Å²) in [5.41, 5.74) is -0.823. The number of amides is 3. The summed E-state index contributed by atoms with van der Waals surface area (Å²) in [6.07, 6.45) is -4.55. The average Bonchev–Trinajstić information content (AvgIpc) is 2.79. The number of rotatable bonds is 3. The van der Waals surface area contributed by atoms with Gasteiger partial charge in [0.25, 0.3) is 11.8 Å². The fourth-order valence-electron chi connectivity index (χ4n) is 2.52. The number of nitrogens with zero attached hydrogens (tertiary/aromatic N) is 1. The van der Waals surface area contributed by atoms with Crippen LogP contribution in [0.25, 0.3) is 0 Å². The van der Waals surface area contributed by atoms with Gasteiger partial charge in [0.05, 0.1) is 16.7 Å². The SMILES string of the molecule is O=C(CN1C(=O)c2ccc(Cl)cc2C1=O)Nc1cccc(C(F)(F)F)c1. The topological polar surface area (TPSA) is 66.5 Å². The summed E-state index contributed by atoms with van der Waals surface area (Å²) in [5, 5.41) is 2.51. The first-order chi connectivity index (χ1) is 12.2. The number of halogens is 4. The smallest absolute Gasteiger partial charge is 0.325 e. The Labute approximate surface area is 150 Å². The number of carbonyl (C=O) groups is 3. The van der Waals surface area contributed by atoms with Crippen LogP contribution >= 0.6 is 11.6 Å². The van der Waals surface area contributed by atoms with E-state index < -0.39 is 36.0 Å². The quantitative estimate of drug-likeness (QED) is 0.825. The molecule has 0 fully saturated rings. The number of benzene rings is 2. The van der Waals surface area contributed by atoms with Crippen LogP contribution in [0.4, 0.5) is 18.9 Å². The second-order valence-corrected chi connectivity index (χ2v) is 5.95. The molecule has 2 aromatic rings. The molecule has 0 aromatic heterocycles. The van der Waals surface area contributed by atoms with Gasteiger partial charge in [-0.2, -0.15) is 13.2 Å². The molecule has 2 aromatic carbocycles. The van der Waals surface area contributed by atoms with E-state index in [0.717, 1.165) is 18.2 Å². The van der Waals surface area contributed by atoms with Crippen molar-refractivity contribution in [1.29, 1.82) is 0 Å². The number of fused-ring (bicyclic) bond motifs is 1. The maximum Gasteiger partial charge on any atom is 0.416 e. The third-order valence-corrected chi connectivity index (χ3v) is 3.94. The van der Waals surface area contributed by atoms with Gasteiger partial charge in [-0.3, -0.25) is 19.3 Å². The first-order valence-corrected chi connectivity index (χ1v) is 7.67. The van der Waals surface area contributed by atoms with E-state index in [1.54, 1.807) is 0 Å². The second kappa shape index (κ2) is 6.45. The van der Waals surface area contributed by atoms with Gasteiger partial charge in [-0.05, 0) is 36.4 Å². The van der Waals surface area contributed by atoms with Gasteiger partial charge >= 0.3 is 6.18 Å². The number of hydrogen-bond acceptors (Lipinski definition) is 3. The Kier molecular flexibility index (Phi) is 4.45. The molecule has 0 spiro atoms. The molecule has 0 atom stereocenters. The first kappa shape index (κ1) is 17.9. The van der Waals surface area contributed by atoms with Crippen molar-refractivity contribution >= 4 is 35.0 Å². The van der Waals surface area contributed by atoms with Gasteiger partial charge in [-0.15, -0.1) is 0 Å². The molecule has 3 amide bonds. The van der Waals surface area contributed by atoms with Gasteiger partial charge < -0.3 is 5.32 Å². The van der Waals surface area contributed by atoms with Crippen molar-refractivity contribution in [3.63, 3.8) is 0 Å². The monoisotopic (exact) mass is 382 g/mol. The van der Waals surface area contributed by atoms with Gasteiger partial charge in [-0.25, -0.2) is 0 Å². The maximum absolute atomic E-state index is 12.7. The van der Waals surface area contributed by atoms with E-state index in [2.05, 4.69) is 5.32 Å². The van der Waals surface area contributed by atoms with Crippen LogP contribution in [0.5, 0.6) is 0 Å². The molecule has 134 valence electrons. The van der Waals surface area contributed by atoms with Crippen molar-refractivity contribution < 1.29 is 27.6 Å². The second-order valence-electron chi connectivity index (χ2n) is 5.51. The molecule has 1 aliphatic heterocycles. The zero-order valence-corrected chi connectivity index (χ0v) is 13.7. The van der Waals surface area contributed by atoms with Crippen LogP contribution in [-0.4, -0.2) is 29.2 Å². The average molecular weight is 383 g/mol. The lowest BCUT2D eigenvalue weighted by Gasteiger charge is -2.14. The number of alkyl halides is 3. The molecule has 26 heavy (non-hydrogen) atoms. The molecular weight excluding hydrogens is 373 g/mol. The van der Waals surface area contributed by atoms with Crippen molar-refractivity contribution in [1.82, 2.24) is 4.90 Å². The molecule has 0 saturated heterocycles. The highest BCUT2D eigenvalue weighted by atomic mass is 35.5. The molecule has 0 aliphatic carbocycles. The third kappa shape index (κ3) is 3.41. The van der Waals surface area contributed by atoms with E-state index in [-0.39, 0.29) is 21.8 Å². The Balaban J connectivity index is 1.74. The summed E-state index contributed by atoms with van der Waals surface area (Å²) in [7, 11) is 0. The molecule has 0 unspecified atom stereocenters. The molecular formula is C17H10ClF3N2O3. The van der Waals surface area contributed by atoms with E-state index in [1.807, 2.05) is 0 Å². The Morgan fingerprint density at radius 1 is 1.04 bits per heavy atom. The molecule has 3 rings (SSSR count). The normalized spacial score (nSPS) is 13.8. The van der Waals surface area contributed by atoms with Crippen LogP contribution < -0.4 is 5.32 Å². The number of nitrogens with one attached hydrogen (secondary N) is 1. The molecule has 0 radical (unpaired) electrons. The largest absolute Gasteiger partial charge is 0.416 e. The molecule has 1 aliphatic rings. The predicted octanol–water partition coefficient (Wildman–Crippen LogP) is 3.59. The van der Waals surface area contributed by atoms with E-state index in [9.17, 15) is 27.6 Å². The third-order valence-electron chi connectivity index (χ3n) is 3.71. The summed E-state index contributed by atoms with van der Waals surface area (Å²) in [5.74, 6) is -2.16. The van der Waals surface area contributed by atoms with Crippen LogP contribution in [0.1, 0.15) is 26.3 Å². The van der Waals surface area contributed by atoms with Crippen molar-refractivity contribution in [2.45, 2.75) is 6.18 Å². The highest BCUT2D eigenvalue weighted by Gasteiger charge is 2.37. The van der Waals surface area contributed by atoms with E-state index >= 15 is 0 Å². The van der Waals surface area contributed by atoms with Crippen molar-refractivity contribution in [2.24, 2.45) is 0 Å². The lowest BCUT2D eigenvalue weighted by atomic mass is 10.1. The van der Waals surface area contributed by atoms with Crippen molar-refractivity contribution in [3.05, 3.63) is 64.2 Å². The predicted molar refractivity (Wildman–Crippen MR) is 86.9 cm³/mol. The molecule has 5 nitrogen and oxygen atoms in total. The Hall–Kier alpha value is -2.87. The standard InChI is InChI=1S/C17H10ClF3N2O3/c18-10-4-5-12-13(7-10)16(26)23(15(12)25)8-14(24)22-11-3-1-2-9(6-11)17(19,20)21/h1-7H,8H2,(H,22,24). The van der Waals surface area contributed by atoms with Crippen LogP contribution in [0.3, 0.4) is 0 Å². The fraction of sp³-hybridized carbons (Fsp3) is 0.118. The number of anilines is 1. The maximum atomic E-state index is 12.7. The summed E-state index contributed by atoms with van der Waals surface area (Å²) >= 11 is 5.80. The highest BCUT2D eigenvalue weighted by Crippen LogP contribution is 2.31. The Bertz CT molecular complexity index is 928. The fourth-order valence-corrected chi connectivity index (χ4v) is 2.70. The first-order valence-electron chi connectivity index (χ1n) is 7.29. The highest BCUT2D eigenvalue weighted by molar-refractivity contribution is 6.32. The summed E-state index contributed by atoms with van der Waals surface area (Å²) in [6.45, 7) is -0.625. The van der Waals surface area contributed by atoms with Gasteiger partial charge in [0, 0.05) is 10.7 Å². The van der Waals surface area contributed by atoms with E-state index in [1.165, 1.54) is 24.3 Å². The van der Waals surface area contributed by atoms with Gasteiger partial charge in [-0.1, -0.05) is 17.7 Å². The Morgan fingerprint density at radius 3 is 2.42 bits per heavy atom. The Morgan fingerprint density at radius 2 is 1.73 bits per heavy atom. The van der Waals surface area contributed by atoms with Crippen LogP contribution in [0.15, 0.2) is 42.5 Å². The van der Waals surface area contributed by atoms with Gasteiger partial charge in [0.15, 0.2) is 0 Å². The lowest BCUT2D eigenvalue weighted by Crippen LogP contribution is -2.37. The lowest BCUT2D eigenvalue weighted by molar-refractivity contribution is -0.137. The van der Waals surface area contributed by atoms with Crippen LogP contribution in [-0.2, 0) is 11.0 Å². The van der Waals surface area contributed by atoms with Crippen molar-refractivity contribution in [3.8, 4) is 0 Å². The minimum Gasteiger partial charge on any atom is -0.325 e. The number of imide groups is 1. The summed E-state index contributed by atoms with van der Waals surface area (Å²) in [6, 6.07) is 8.18. The molecule has 0 saturated carbocycles. The van der Waals surface area contributed by atoms with Crippen molar-refractivity contribution in [2.75, 3.05) is 11.9 Å². The molecule has 0 bridgehead atoms. The van der Waals surface area contributed by atoms with Gasteiger partial charge in [0.2, 0.25) is 5.91 Å². The molecule has 9 heteroatoms. The number of carbonyl (C=O) groups excluding carboxylic acids is 3. The summed E-state index contributed by atoms with van der Waals surface area (Å²) < 4.78 is 38.1. The number of hydrogen-bond donors (Lipinski definition) is 1. The van der Waals surface area contributed by atoms with Crippen LogP contribution in [0, 0.1) is 0 Å². The minimum absolute atomic E-state index is 0.0781. The zero-order chi connectivity index (χ0) is 19.1.